The predicted molar refractivity (Wildman–Crippen MR) is 215 cm³/mol. The third-order valence-corrected chi connectivity index (χ3v) is 11.6. The Kier molecular flexibility index (Phi) is 7.08. The molecule has 1 aliphatic heterocycles. The van der Waals surface area contributed by atoms with Crippen LogP contribution in [-0.4, -0.2) is 22.4 Å². The third kappa shape index (κ3) is 4.89. The summed E-state index contributed by atoms with van der Waals surface area (Å²) in [5.74, 6) is 0.909. The maximum atomic E-state index is 5.27. The van der Waals surface area contributed by atoms with Gasteiger partial charge in [0.15, 0.2) is 0 Å². The van der Waals surface area contributed by atoms with Gasteiger partial charge in [0.1, 0.15) is 18.2 Å². The van der Waals surface area contributed by atoms with Crippen molar-refractivity contribution >= 4 is 59.2 Å². The van der Waals surface area contributed by atoms with Gasteiger partial charge in [-0.3, -0.25) is 4.90 Å². The first-order valence-electron chi connectivity index (χ1n) is 17.4. The normalized spacial score (nSPS) is 16.5. The van der Waals surface area contributed by atoms with Crippen molar-refractivity contribution in [2.75, 3.05) is 7.05 Å². The lowest BCUT2D eigenvalue weighted by Crippen LogP contribution is -2.46. The number of benzene rings is 7. The lowest BCUT2D eigenvalue weighted by atomic mass is 10.0. The maximum Gasteiger partial charge on any atom is 0.132 e. The molecule has 51 heavy (non-hydrogen) atoms. The van der Waals surface area contributed by atoms with E-state index in [0.29, 0.717) is 0 Å². The van der Waals surface area contributed by atoms with E-state index in [1.807, 2.05) is 11.3 Å². The van der Waals surface area contributed by atoms with Gasteiger partial charge in [-0.2, -0.15) is 0 Å². The molecule has 10 rings (SSSR count). The Bertz CT molecular complexity index is 2730. The minimum Gasteiger partial charge on any atom is -0.350 e. The van der Waals surface area contributed by atoms with Crippen molar-refractivity contribution in [3.8, 4) is 16.8 Å². The van der Waals surface area contributed by atoms with Crippen LogP contribution in [0.25, 0.3) is 58.8 Å². The topological polar surface area (TPSA) is 32.6 Å². The average molecular weight is 675 g/mol. The molecule has 7 aromatic carbocycles. The van der Waals surface area contributed by atoms with E-state index < -0.39 is 0 Å². The molecule has 1 N–H and O–H groups in total. The molecule has 9 aromatic rings. The van der Waals surface area contributed by atoms with E-state index in [4.69, 9.17) is 4.99 Å². The molecular formula is C46H34N4S. The highest BCUT2D eigenvalue weighted by Gasteiger charge is 2.33. The molecule has 0 radical (unpaired) electrons. The zero-order valence-electron chi connectivity index (χ0n) is 28.1. The molecule has 2 atom stereocenters. The zero-order valence-corrected chi connectivity index (χ0v) is 28.9. The number of para-hydroxylation sites is 1. The standard InChI is InChI=1S/C46H34N4S/c1-49-45(32-19-10-4-11-20-32)47-44(31-17-8-3-9-18-31)48-46(49)39-24-14-23-37-38-28-27-36-35-26-25-33(30-15-6-2-7-16-30)29-40(35)50(34-21-12-5-13-22-34)41(36)43(38)51-42(37)39/h2-29,45-46H,1H3,(H,47,48). The Labute approximate surface area is 300 Å². The van der Waals surface area contributed by atoms with Crippen molar-refractivity contribution in [2.45, 2.75) is 12.3 Å². The van der Waals surface area contributed by atoms with Crippen molar-refractivity contribution in [3.05, 3.63) is 187 Å². The molecule has 1 aliphatic rings. The molecule has 0 amide bonds. The van der Waals surface area contributed by atoms with Crippen molar-refractivity contribution in [1.29, 1.82) is 0 Å². The van der Waals surface area contributed by atoms with Gasteiger partial charge in [-0.1, -0.05) is 152 Å². The first-order chi connectivity index (χ1) is 25.2. The summed E-state index contributed by atoms with van der Waals surface area (Å²) < 4.78 is 5.07. The molecule has 0 spiro atoms. The van der Waals surface area contributed by atoms with Crippen LogP contribution in [0.5, 0.6) is 0 Å². The highest BCUT2D eigenvalue weighted by molar-refractivity contribution is 7.26. The number of aromatic nitrogens is 1. The molecule has 0 fully saturated rings. The fourth-order valence-electron chi connectivity index (χ4n) is 7.85. The van der Waals surface area contributed by atoms with Crippen LogP contribution in [0.1, 0.15) is 29.0 Å². The first-order valence-corrected chi connectivity index (χ1v) is 18.2. The minimum atomic E-state index is -0.136. The Morgan fingerprint density at radius 1 is 0.549 bits per heavy atom. The van der Waals surface area contributed by atoms with E-state index in [1.165, 1.54) is 64.2 Å². The van der Waals surface area contributed by atoms with E-state index in [-0.39, 0.29) is 12.3 Å². The van der Waals surface area contributed by atoms with Gasteiger partial charge in [0.05, 0.1) is 15.7 Å². The Hall–Kier alpha value is -6.01. The average Bonchev–Trinajstić information content (AvgIpc) is 3.75. The summed E-state index contributed by atoms with van der Waals surface area (Å²) in [6, 6.07) is 61.0. The quantitative estimate of drug-likeness (QED) is 0.197. The summed E-state index contributed by atoms with van der Waals surface area (Å²) >= 11 is 1.90. The van der Waals surface area contributed by atoms with E-state index in [2.05, 4.69) is 192 Å². The monoisotopic (exact) mass is 674 g/mol. The van der Waals surface area contributed by atoms with Crippen LogP contribution in [0.2, 0.25) is 0 Å². The minimum absolute atomic E-state index is 0.0939. The second-order valence-electron chi connectivity index (χ2n) is 13.3. The first kappa shape index (κ1) is 29.9. The second kappa shape index (κ2) is 12.1. The van der Waals surface area contributed by atoms with Gasteiger partial charge < -0.3 is 9.88 Å². The summed E-state index contributed by atoms with van der Waals surface area (Å²) in [5.41, 5.74) is 9.58. The SMILES string of the molecule is CN1C(c2ccccc2)N=C(c2ccccc2)NC1c1cccc2c1sc1c2ccc2c3ccc(-c4ccccc4)cc3n(-c3ccccc3)c21. The van der Waals surface area contributed by atoms with Crippen LogP contribution in [-0.2, 0) is 0 Å². The van der Waals surface area contributed by atoms with Crippen LogP contribution in [0, 0.1) is 0 Å². The van der Waals surface area contributed by atoms with Crippen LogP contribution >= 0.6 is 11.3 Å². The van der Waals surface area contributed by atoms with Crippen LogP contribution < -0.4 is 5.32 Å². The lowest BCUT2D eigenvalue weighted by molar-refractivity contribution is 0.153. The second-order valence-corrected chi connectivity index (χ2v) is 14.3. The molecule has 4 nitrogen and oxygen atoms in total. The smallest absolute Gasteiger partial charge is 0.132 e. The molecule has 3 heterocycles. The van der Waals surface area contributed by atoms with Gasteiger partial charge in [-0.15, -0.1) is 11.3 Å². The largest absolute Gasteiger partial charge is 0.350 e. The highest BCUT2D eigenvalue weighted by Crippen LogP contribution is 2.46. The van der Waals surface area contributed by atoms with E-state index in [9.17, 15) is 0 Å². The Morgan fingerprint density at radius 2 is 1.18 bits per heavy atom. The Morgan fingerprint density at radius 3 is 1.92 bits per heavy atom. The molecule has 0 aliphatic carbocycles. The fraction of sp³-hybridized carbons (Fsp3) is 0.0652. The number of rotatable bonds is 5. The highest BCUT2D eigenvalue weighted by atomic mass is 32.1. The van der Waals surface area contributed by atoms with E-state index >= 15 is 0 Å². The van der Waals surface area contributed by atoms with Crippen molar-refractivity contribution in [1.82, 2.24) is 14.8 Å². The predicted octanol–water partition coefficient (Wildman–Crippen LogP) is 11.5. The molecule has 2 aromatic heterocycles. The van der Waals surface area contributed by atoms with Crippen molar-refractivity contribution in [3.63, 3.8) is 0 Å². The lowest BCUT2D eigenvalue weighted by Gasteiger charge is -2.39. The number of fused-ring (bicyclic) bond motifs is 7. The number of hydrogen-bond acceptors (Lipinski definition) is 4. The van der Waals surface area contributed by atoms with Crippen molar-refractivity contribution in [2.24, 2.45) is 4.99 Å². The van der Waals surface area contributed by atoms with E-state index in [0.717, 1.165) is 17.1 Å². The van der Waals surface area contributed by atoms with Gasteiger partial charge in [0.2, 0.25) is 0 Å². The molecule has 0 bridgehead atoms. The van der Waals surface area contributed by atoms with Gasteiger partial charge in [0.25, 0.3) is 0 Å². The molecular weight excluding hydrogens is 641 g/mol. The van der Waals surface area contributed by atoms with Gasteiger partial charge in [-0.05, 0) is 41.9 Å². The zero-order chi connectivity index (χ0) is 33.9. The number of nitrogens with zero attached hydrogens (tertiary/aromatic N) is 3. The van der Waals surface area contributed by atoms with Gasteiger partial charge >= 0.3 is 0 Å². The molecule has 244 valence electrons. The van der Waals surface area contributed by atoms with Crippen molar-refractivity contribution < 1.29 is 0 Å². The van der Waals surface area contributed by atoms with Crippen LogP contribution in [0.4, 0.5) is 0 Å². The number of aliphatic imine (C=N–C) groups is 1. The van der Waals surface area contributed by atoms with Crippen LogP contribution in [0.15, 0.2) is 175 Å². The van der Waals surface area contributed by atoms with Gasteiger partial charge in [0, 0.05) is 43.1 Å². The number of hydrogen-bond donors (Lipinski definition) is 1. The summed E-state index contributed by atoms with van der Waals surface area (Å²) in [6.45, 7) is 0. The summed E-state index contributed by atoms with van der Waals surface area (Å²) in [6.07, 6.45) is -0.230. The molecule has 0 saturated carbocycles. The third-order valence-electron chi connectivity index (χ3n) is 10.3. The van der Waals surface area contributed by atoms with Gasteiger partial charge in [-0.25, -0.2) is 4.99 Å². The summed E-state index contributed by atoms with van der Waals surface area (Å²) in [4.78, 5) is 7.64. The molecule has 2 unspecified atom stereocenters. The molecule has 5 heteroatoms. The summed E-state index contributed by atoms with van der Waals surface area (Å²) in [7, 11) is 2.18. The number of thiophene rings is 1. The van der Waals surface area contributed by atoms with E-state index in [1.54, 1.807) is 0 Å². The maximum absolute atomic E-state index is 5.27. The molecule has 0 saturated heterocycles. The fourth-order valence-corrected chi connectivity index (χ4v) is 9.23. The number of amidine groups is 1. The number of nitrogens with one attached hydrogen (secondary N) is 1. The Balaban J connectivity index is 1.21. The summed E-state index contributed by atoms with van der Waals surface area (Å²) in [5, 5.41) is 8.95. The van der Waals surface area contributed by atoms with Crippen LogP contribution in [0.3, 0.4) is 0 Å².